The highest BCUT2D eigenvalue weighted by atomic mass is 35.5. The van der Waals surface area contributed by atoms with E-state index in [1.807, 2.05) is 25.7 Å². The summed E-state index contributed by atoms with van der Waals surface area (Å²) in [5, 5.41) is 1.12. The van der Waals surface area contributed by atoms with Gasteiger partial charge < -0.3 is 9.80 Å². The van der Waals surface area contributed by atoms with E-state index in [1.54, 1.807) is 15.5 Å². The number of hydrogen-bond acceptors (Lipinski definition) is 5. The third-order valence-electron chi connectivity index (χ3n) is 4.54. The minimum atomic E-state index is -0.382. The number of piperazine rings is 1. The highest BCUT2D eigenvalue weighted by molar-refractivity contribution is 6.41. The average Bonchev–Trinajstić information content (AvgIpc) is 2.64. The molecule has 1 fully saturated rings. The minimum Gasteiger partial charge on any atom is -0.352 e. The fourth-order valence-electron chi connectivity index (χ4n) is 3.26. The van der Waals surface area contributed by atoms with Crippen molar-refractivity contribution in [1.29, 1.82) is 0 Å². The Morgan fingerprint density at radius 3 is 2.43 bits per heavy atom. The lowest BCUT2D eigenvalue weighted by Gasteiger charge is -2.35. The summed E-state index contributed by atoms with van der Waals surface area (Å²) in [4.78, 5) is 37.1. The maximum Gasteiger partial charge on any atom is 0.351 e. The van der Waals surface area contributed by atoms with Gasteiger partial charge in [-0.25, -0.2) is 9.78 Å². The molecule has 7 nitrogen and oxygen atoms in total. The van der Waals surface area contributed by atoms with Crippen molar-refractivity contribution in [2.45, 2.75) is 27.3 Å². The lowest BCUT2D eigenvalue weighted by molar-refractivity contribution is -0.126. The van der Waals surface area contributed by atoms with Crippen LogP contribution in [0.5, 0.6) is 0 Å². The highest BCUT2D eigenvalue weighted by Crippen LogP contribution is 2.30. The normalized spacial score (nSPS) is 15.2. The van der Waals surface area contributed by atoms with Crippen LogP contribution in [0.1, 0.15) is 20.8 Å². The fraction of sp³-hybridized carbons (Fsp3) is 0.474. The van der Waals surface area contributed by atoms with E-state index in [1.165, 1.54) is 6.08 Å². The molecule has 0 unspecified atom stereocenters. The number of rotatable bonds is 3. The number of anilines is 1. The SMILES string of the molecule is C=CC(=O)N1CCN(c2nc(=O)n(CC(C)(C)C)c3nc(Cl)c(Cl)cc23)CC1. The molecule has 3 rings (SSSR count). The minimum absolute atomic E-state index is 0.102. The van der Waals surface area contributed by atoms with Crippen molar-refractivity contribution < 1.29 is 4.79 Å². The predicted molar refractivity (Wildman–Crippen MR) is 112 cm³/mol. The lowest BCUT2D eigenvalue weighted by Crippen LogP contribution is -2.49. The van der Waals surface area contributed by atoms with Crippen molar-refractivity contribution >= 4 is 46.0 Å². The molecule has 1 aliphatic heterocycles. The Labute approximate surface area is 173 Å². The number of carbonyl (C=O) groups excluding carboxylic acids is 1. The van der Waals surface area contributed by atoms with E-state index in [9.17, 15) is 9.59 Å². The summed E-state index contributed by atoms with van der Waals surface area (Å²) in [6.45, 7) is 12.2. The second-order valence-corrected chi connectivity index (χ2v) is 8.78. The number of pyridine rings is 1. The largest absolute Gasteiger partial charge is 0.352 e. The van der Waals surface area contributed by atoms with Crippen LogP contribution in [-0.2, 0) is 11.3 Å². The first kappa shape index (κ1) is 20.6. The van der Waals surface area contributed by atoms with Crippen molar-refractivity contribution in [2.24, 2.45) is 5.41 Å². The second-order valence-electron chi connectivity index (χ2n) is 8.01. The van der Waals surface area contributed by atoms with Crippen LogP contribution in [0, 0.1) is 5.41 Å². The second kappa shape index (κ2) is 7.72. The van der Waals surface area contributed by atoms with Gasteiger partial charge in [0.15, 0.2) is 0 Å². The lowest BCUT2D eigenvalue weighted by atomic mass is 9.97. The number of hydrogen-bond donors (Lipinski definition) is 0. The van der Waals surface area contributed by atoms with Crippen molar-refractivity contribution in [3.8, 4) is 0 Å². The van der Waals surface area contributed by atoms with Gasteiger partial charge in [-0.3, -0.25) is 9.36 Å². The fourth-order valence-corrected chi connectivity index (χ4v) is 3.54. The smallest absolute Gasteiger partial charge is 0.351 e. The van der Waals surface area contributed by atoms with Crippen molar-refractivity contribution in [1.82, 2.24) is 19.4 Å². The van der Waals surface area contributed by atoms with Crippen LogP contribution in [0.2, 0.25) is 10.2 Å². The molecule has 0 atom stereocenters. The zero-order valence-corrected chi connectivity index (χ0v) is 17.7. The topological polar surface area (TPSA) is 71.3 Å². The molecule has 9 heteroatoms. The molecule has 0 saturated carbocycles. The standard InChI is InChI=1S/C19H23Cl2N5O2/c1-5-14(27)24-6-8-25(9-7-24)16-12-10-13(20)15(21)22-17(12)26(18(28)23-16)11-19(2,3)4/h5,10H,1,6-9,11H2,2-4H3. The first-order valence-corrected chi connectivity index (χ1v) is 9.79. The Hall–Kier alpha value is -2.12. The molecule has 0 aromatic carbocycles. The van der Waals surface area contributed by atoms with E-state index in [-0.39, 0.29) is 22.2 Å². The van der Waals surface area contributed by atoms with Gasteiger partial charge in [0.1, 0.15) is 16.6 Å². The molecular weight excluding hydrogens is 401 g/mol. The molecule has 28 heavy (non-hydrogen) atoms. The molecule has 150 valence electrons. The molecular formula is C19H23Cl2N5O2. The zero-order chi connectivity index (χ0) is 20.6. The molecule has 0 N–H and O–H groups in total. The summed E-state index contributed by atoms with van der Waals surface area (Å²) in [7, 11) is 0. The van der Waals surface area contributed by atoms with Gasteiger partial charge in [-0.05, 0) is 17.6 Å². The summed E-state index contributed by atoms with van der Waals surface area (Å²) < 4.78 is 1.54. The quantitative estimate of drug-likeness (QED) is 0.560. The molecule has 0 radical (unpaired) electrons. The third kappa shape index (κ3) is 4.15. The maximum absolute atomic E-state index is 12.8. The number of aromatic nitrogens is 3. The van der Waals surface area contributed by atoms with Gasteiger partial charge in [0.2, 0.25) is 5.91 Å². The molecule has 0 spiro atoms. The third-order valence-corrected chi connectivity index (χ3v) is 5.21. The molecule has 2 aromatic rings. The van der Waals surface area contributed by atoms with Gasteiger partial charge in [-0.1, -0.05) is 50.6 Å². The van der Waals surface area contributed by atoms with Crippen LogP contribution in [0.25, 0.3) is 11.0 Å². The van der Waals surface area contributed by atoms with Crippen LogP contribution >= 0.6 is 23.2 Å². The first-order valence-electron chi connectivity index (χ1n) is 9.03. The van der Waals surface area contributed by atoms with Crippen LogP contribution in [-0.4, -0.2) is 51.5 Å². The molecule has 1 aliphatic rings. The molecule has 0 bridgehead atoms. The van der Waals surface area contributed by atoms with Gasteiger partial charge in [0.25, 0.3) is 0 Å². The van der Waals surface area contributed by atoms with Crippen molar-refractivity contribution in [3.63, 3.8) is 0 Å². The number of halogens is 2. The summed E-state index contributed by atoms with van der Waals surface area (Å²) in [5.41, 5.74) is -0.0680. The van der Waals surface area contributed by atoms with Crippen LogP contribution in [0.15, 0.2) is 23.5 Å². The van der Waals surface area contributed by atoms with E-state index in [0.29, 0.717) is 54.6 Å². The number of nitrogens with zero attached hydrogens (tertiary/aromatic N) is 5. The van der Waals surface area contributed by atoms with E-state index in [2.05, 4.69) is 16.5 Å². The number of amides is 1. The molecule has 0 aliphatic carbocycles. The number of fused-ring (bicyclic) bond motifs is 1. The molecule has 2 aromatic heterocycles. The Kier molecular flexibility index (Phi) is 5.68. The van der Waals surface area contributed by atoms with Gasteiger partial charge in [-0.2, -0.15) is 4.98 Å². The Morgan fingerprint density at radius 1 is 1.21 bits per heavy atom. The van der Waals surface area contributed by atoms with Crippen molar-refractivity contribution in [2.75, 3.05) is 31.1 Å². The van der Waals surface area contributed by atoms with E-state index in [0.717, 1.165) is 0 Å². The molecule has 1 saturated heterocycles. The Morgan fingerprint density at radius 2 is 1.86 bits per heavy atom. The molecule has 3 heterocycles. The number of carbonyl (C=O) groups is 1. The maximum atomic E-state index is 12.8. The summed E-state index contributed by atoms with van der Waals surface area (Å²) in [6, 6.07) is 1.70. The van der Waals surface area contributed by atoms with E-state index < -0.39 is 0 Å². The van der Waals surface area contributed by atoms with Crippen LogP contribution in [0.3, 0.4) is 0 Å². The Balaban J connectivity index is 2.08. The summed E-state index contributed by atoms with van der Waals surface area (Å²) >= 11 is 12.4. The van der Waals surface area contributed by atoms with Gasteiger partial charge in [0, 0.05) is 32.7 Å². The highest BCUT2D eigenvalue weighted by Gasteiger charge is 2.25. The predicted octanol–water partition coefficient (Wildman–Crippen LogP) is 2.98. The van der Waals surface area contributed by atoms with Crippen LogP contribution in [0.4, 0.5) is 5.82 Å². The van der Waals surface area contributed by atoms with E-state index >= 15 is 0 Å². The molecule has 1 amide bonds. The Bertz CT molecular complexity index is 988. The average molecular weight is 424 g/mol. The first-order chi connectivity index (χ1) is 13.1. The summed E-state index contributed by atoms with van der Waals surface area (Å²) in [6.07, 6.45) is 1.31. The van der Waals surface area contributed by atoms with Crippen LogP contribution < -0.4 is 10.6 Å². The zero-order valence-electron chi connectivity index (χ0n) is 16.2. The summed E-state index contributed by atoms with van der Waals surface area (Å²) in [5.74, 6) is 0.413. The van der Waals surface area contributed by atoms with Gasteiger partial charge in [-0.15, -0.1) is 0 Å². The van der Waals surface area contributed by atoms with Gasteiger partial charge >= 0.3 is 5.69 Å². The van der Waals surface area contributed by atoms with Gasteiger partial charge in [0.05, 0.1) is 10.4 Å². The monoisotopic (exact) mass is 423 g/mol. The van der Waals surface area contributed by atoms with Crippen molar-refractivity contribution in [3.05, 3.63) is 39.4 Å². The van der Waals surface area contributed by atoms with E-state index in [4.69, 9.17) is 23.2 Å².